The maximum Gasteiger partial charge on any atom is 0.101 e. The Bertz CT molecular complexity index is 95.8. The SMILES string of the molecule is CC(C)([O])C1CCCCC1. The van der Waals surface area contributed by atoms with Crippen LogP contribution in [-0.4, -0.2) is 5.60 Å². The van der Waals surface area contributed by atoms with Crippen LogP contribution in [0, 0.1) is 5.92 Å². The lowest BCUT2D eigenvalue weighted by atomic mass is 9.79. The first kappa shape index (κ1) is 8.06. The Balaban J connectivity index is 2.39. The van der Waals surface area contributed by atoms with E-state index in [9.17, 15) is 5.11 Å². The second kappa shape index (κ2) is 2.91. The van der Waals surface area contributed by atoms with E-state index >= 15 is 0 Å². The standard InChI is InChI=1S/C9H17O/c1-9(2,10)8-6-4-3-5-7-8/h8H,3-7H2,1-2H3. The van der Waals surface area contributed by atoms with E-state index in [0.717, 1.165) is 12.8 Å². The van der Waals surface area contributed by atoms with E-state index in [1.165, 1.54) is 19.3 Å². The van der Waals surface area contributed by atoms with Crippen molar-refractivity contribution in [3.05, 3.63) is 0 Å². The van der Waals surface area contributed by atoms with Crippen LogP contribution in [0.2, 0.25) is 0 Å². The lowest BCUT2D eigenvalue weighted by Crippen LogP contribution is -2.30. The molecule has 0 saturated heterocycles. The molecule has 1 saturated carbocycles. The van der Waals surface area contributed by atoms with Crippen molar-refractivity contribution in [3.8, 4) is 0 Å². The molecule has 0 N–H and O–H groups in total. The minimum absolute atomic E-state index is 0.446. The first-order chi connectivity index (χ1) is 4.61. The summed E-state index contributed by atoms with van der Waals surface area (Å²) >= 11 is 0. The van der Waals surface area contributed by atoms with Crippen molar-refractivity contribution in [1.82, 2.24) is 0 Å². The zero-order valence-electron chi connectivity index (χ0n) is 7.02. The van der Waals surface area contributed by atoms with Gasteiger partial charge in [-0.15, -0.1) is 0 Å². The van der Waals surface area contributed by atoms with E-state index in [-0.39, 0.29) is 0 Å². The minimum atomic E-state index is -0.680. The summed E-state index contributed by atoms with van der Waals surface area (Å²) in [5.74, 6) is 0.446. The molecule has 1 radical (unpaired) electrons. The summed E-state index contributed by atoms with van der Waals surface area (Å²) in [4.78, 5) is 0. The lowest BCUT2D eigenvalue weighted by molar-refractivity contribution is -0.0583. The van der Waals surface area contributed by atoms with Gasteiger partial charge in [0.15, 0.2) is 0 Å². The second-order valence-electron chi connectivity index (χ2n) is 3.94. The molecule has 1 rings (SSSR count). The quantitative estimate of drug-likeness (QED) is 0.535. The third kappa shape index (κ3) is 1.98. The lowest BCUT2D eigenvalue weighted by Gasteiger charge is -2.30. The minimum Gasteiger partial charge on any atom is -0.230 e. The number of rotatable bonds is 1. The molecule has 0 unspecified atom stereocenters. The summed E-state index contributed by atoms with van der Waals surface area (Å²) in [6, 6.07) is 0. The third-order valence-electron chi connectivity index (χ3n) is 2.59. The number of hydrogen-bond donors (Lipinski definition) is 0. The molecule has 1 aliphatic carbocycles. The smallest absolute Gasteiger partial charge is 0.101 e. The molecular weight excluding hydrogens is 124 g/mol. The molecule has 0 heterocycles. The van der Waals surface area contributed by atoms with Gasteiger partial charge in [0, 0.05) is 0 Å². The van der Waals surface area contributed by atoms with Crippen LogP contribution < -0.4 is 0 Å². The molecule has 1 heteroatoms. The Morgan fingerprint density at radius 3 is 1.90 bits per heavy atom. The predicted molar refractivity (Wildman–Crippen MR) is 41.3 cm³/mol. The van der Waals surface area contributed by atoms with E-state index in [1.807, 2.05) is 13.8 Å². The summed E-state index contributed by atoms with van der Waals surface area (Å²) < 4.78 is 0. The highest BCUT2D eigenvalue weighted by Crippen LogP contribution is 2.32. The largest absolute Gasteiger partial charge is 0.230 e. The summed E-state index contributed by atoms with van der Waals surface area (Å²) in [7, 11) is 0. The van der Waals surface area contributed by atoms with Crippen LogP contribution in [0.25, 0.3) is 0 Å². The van der Waals surface area contributed by atoms with Gasteiger partial charge in [0.2, 0.25) is 0 Å². The average Bonchev–Trinajstić information content (AvgIpc) is 1.88. The van der Waals surface area contributed by atoms with Crippen molar-refractivity contribution in [1.29, 1.82) is 0 Å². The molecule has 0 aromatic heterocycles. The van der Waals surface area contributed by atoms with Gasteiger partial charge in [0.05, 0.1) is 0 Å². The molecule has 0 aromatic rings. The van der Waals surface area contributed by atoms with Gasteiger partial charge in [0.1, 0.15) is 5.60 Å². The molecule has 10 heavy (non-hydrogen) atoms. The molecule has 59 valence electrons. The molecule has 1 aliphatic rings. The van der Waals surface area contributed by atoms with Crippen LogP contribution in [0.15, 0.2) is 0 Å². The molecule has 0 atom stereocenters. The topological polar surface area (TPSA) is 19.9 Å². The van der Waals surface area contributed by atoms with Crippen molar-refractivity contribution in [2.75, 3.05) is 0 Å². The third-order valence-corrected chi connectivity index (χ3v) is 2.59. The summed E-state index contributed by atoms with van der Waals surface area (Å²) in [6.07, 6.45) is 6.21. The molecule has 0 amide bonds. The van der Waals surface area contributed by atoms with Crippen LogP contribution in [0.1, 0.15) is 46.0 Å². The summed E-state index contributed by atoms with van der Waals surface area (Å²) in [5, 5.41) is 11.5. The average molecular weight is 141 g/mol. The highest BCUT2D eigenvalue weighted by Gasteiger charge is 2.29. The fraction of sp³-hybridized carbons (Fsp3) is 1.00. The van der Waals surface area contributed by atoms with Crippen LogP contribution in [0.4, 0.5) is 0 Å². The monoisotopic (exact) mass is 141 g/mol. The van der Waals surface area contributed by atoms with Gasteiger partial charge in [-0.3, -0.25) is 0 Å². The van der Waals surface area contributed by atoms with Crippen molar-refractivity contribution >= 4 is 0 Å². The van der Waals surface area contributed by atoms with Crippen molar-refractivity contribution in [2.24, 2.45) is 5.92 Å². The fourth-order valence-corrected chi connectivity index (χ4v) is 1.80. The fourth-order valence-electron chi connectivity index (χ4n) is 1.80. The molecule has 0 bridgehead atoms. The Morgan fingerprint density at radius 2 is 1.60 bits per heavy atom. The zero-order chi connectivity index (χ0) is 7.61. The Labute approximate surface area is 63.4 Å². The van der Waals surface area contributed by atoms with Gasteiger partial charge < -0.3 is 0 Å². The van der Waals surface area contributed by atoms with Crippen molar-refractivity contribution in [2.45, 2.75) is 51.6 Å². The number of hydrogen-bond acceptors (Lipinski definition) is 0. The second-order valence-corrected chi connectivity index (χ2v) is 3.94. The van der Waals surface area contributed by atoms with Crippen LogP contribution >= 0.6 is 0 Å². The van der Waals surface area contributed by atoms with Crippen molar-refractivity contribution < 1.29 is 5.11 Å². The van der Waals surface area contributed by atoms with Crippen LogP contribution in [0.5, 0.6) is 0 Å². The van der Waals surface area contributed by atoms with E-state index in [0.29, 0.717) is 5.92 Å². The van der Waals surface area contributed by atoms with Crippen LogP contribution in [0.3, 0.4) is 0 Å². The molecular formula is C9H17O. The summed E-state index contributed by atoms with van der Waals surface area (Å²) in [6.45, 7) is 3.64. The van der Waals surface area contributed by atoms with Gasteiger partial charge in [0.25, 0.3) is 0 Å². The maximum absolute atomic E-state index is 11.5. The van der Waals surface area contributed by atoms with Gasteiger partial charge >= 0.3 is 0 Å². The highest BCUT2D eigenvalue weighted by atomic mass is 16.3. The van der Waals surface area contributed by atoms with Gasteiger partial charge in [-0.05, 0) is 32.6 Å². The highest BCUT2D eigenvalue weighted by molar-refractivity contribution is 4.79. The van der Waals surface area contributed by atoms with E-state index in [4.69, 9.17) is 0 Å². The Kier molecular flexibility index (Phi) is 2.35. The Morgan fingerprint density at radius 1 is 1.10 bits per heavy atom. The molecule has 0 aliphatic heterocycles. The predicted octanol–water partition coefficient (Wildman–Crippen LogP) is 2.78. The maximum atomic E-state index is 11.5. The first-order valence-electron chi connectivity index (χ1n) is 4.31. The van der Waals surface area contributed by atoms with Gasteiger partial charge in [-0.25, -0.2) is 5.11 Å². The van der Waals surface area contributed by atoms with E-state index in [2.05, 4.69) is 0 Å². The Hall–Kier alpha value is -0.0400. The zero-order valence-corrected chi connectivity index (χ0v) is 7.02. The van der Waals surface area contributed by atoms with E-state index < -0.39 is 5.60 Å². The molecule has 1 nitrogen and oxygen atoms in total. The van der Waals surface area contributed by atoms with E-state index in [1.54, 1.807) is 0 Å². The first-order valence-corrected chi connectivity index (χ1v) is 4.31. The van der Waals surface area contributed by atoms with Gasteiger partial charge in [-0.2, -0.15) is 0 Å². The summed E-state index contributed by atoms with van der Waals surface area (Å²) in [5.41, 5.74) is -0.680. The van der Waals surface area contributed by atoms with Crippen molar-refractivity contribution in [3.63, 3.8) is 0 Å². The molecule has 0 spiro atoms. The molecule has 1 fully saturated rings. The van der Waals surface area contributed by atoms with Crippen LogP contribution in [-0.2, 0) is 5.11 Å². The van der Waals surface area contributed by atoms with Gasteiger partial charge in [-0.1, -0.05) is 19.3 Å². The normalized spacial score (nSPS) is 23.1. The molecule has 0 aromatic carbocycles.